The smallest absolute Gasteiger partial charge is 0.268 e. The molecule has 7 nitrogen and oxygen atoms in total. The van der Waals surface area contributed by atoms with E-state index in [1.807, 2.05) is 19.9 Å². The first kappa shape index (κ1) is 24.0. The molecule has 0 saturated heterocycles. The van der Waals surface area contributed by atoms with Crippen molar-refractivity contribution in [3.05, 3.63) is 95.1 Å². The van der Waals surface area contributed by atoms with Crippen molar-refractivity contribution in [3.63, 3.8) is 0 Å². The minimum Gasteiger partial charge on any atom is -0.465 e. The fourth-order valence-corrected chi connectivity index (χ4v) is 3.89. The van der Waals surface area contributed by atoms with E-state index in [0.717, 1.165) is 17.4 Å². The van der Waals surface area contributed by atoms with Gasteiger partial charge in [0.25, 0.3) is 11.8 Å². The van der Waals surface area contributed by atoms with Gasteiger partial charge in [-0.05, 0) is 55.3 Å². The zero-order valence-corrected chi connectivity index (χ0v) is 19.5. The second-order valence-corrected chi connectivity index (χ2v) is 9.69. The van der Waals surface area contributed by atoms with Crippen LogP contribution in [0.3, 0.4) is 0 Å². The Kier molecular flexibility index (Phi) is 7.50. The van der Waals surface area contributed by atoms with Gasteiger partial charge in [-0.1, -0.05) is 36.8 Å². The number of carbonyl (C=O) groups is 2. The highest BCUT2D eigenvalue weighted by atomic mass is 32.2. The highest BCUT2D eigenvalue weighted by molar-refractivity contribution is 7.90. The van der Waals surface area contributed by atoms with E-state index in [1.165, 1.54) is 24.5 Å². The van der Waals surface area contributed by atoms with Crippen molar-refractivity contribution < 1.29 is 22.4 Å². The summed E-state index contributed by atoms with van der Waals surface area (Å²) in [6.45, 7) is 3.78. The van der Waals surface area contributed by atoms with Crippen molar-refractivity contribution in [2.45, 2.75) is 31.2 Å². The van der Waals surface area contributed by atoms with Crippen LogP contribution in [0, 0.1) is 6.92 Å². The molecular formula is C25H26N2O5S. The Hall–Kier alpha value is -3.65. The van der Waals surface area contributed by atoms with Crippen LogP contribution in [-0.4, -0.2) is 26.5 Å². The summed E-state index contributed by atoms with van der Waals surface area (Å²) in [4.78, 5) is 26.1. The lowest BCUT2D eigenvalue weighted by atomic mass is 10.0. The summed E-state index contributed by atoms with van der Waals surface area (Å²) in [7, 11) is -3.31. The van der Waals surface area contributed by atoms with Gasteiger partial charge in [-0.3, -0.25) is 9.59 Å². The Bertz CT molecular complexity index is 1260. The van der Waals surface area contributed by atoms with Gasteiger partial charge in [0.2, 0.25) is 0 Å². The highest BCUT2D eigenvalue weighted by Crippen LogP contribution is 2.20. The number of sulfone groups is 1. The maximum Gasteiger partial charge on any atom is 0.268 e. The number of carbonyl (C=O) groups excluding carboxylic acids is 2. The van der Waals surface area contributed by atoms with E-state index in [-0.39, 0.29) is 16.6 Å². The summed E-state index contributed by atoms with van der Waals surface area (Å²) < 4.78 is 28.7. The van der Waals surface area contributed by atoms with Crippen molar-refractivity contribution in [1.82, 2.24) is 10.6 Å². The summed E-state index contributed by atoms with van der Waals surface area (Å²) in [5, 5.41) is 5.59. The number of aryl methyl sites for hydroxylation is 1. The average molecular weight is 467 g/mol. The topological polar surface area (TPSA) is 105 Å². The molecule has 1 atom stereocenters. The zero-order chi connectivity index (χ0) is 24.0. The van der Waals surface area contributed by atoms with E-state index in [9.17, 15) is 18.0 Å². The van der Waals surface area contributed by atoms with E-state index < -0.39 is 21.7 Å². The lowest BCUT2D eigenvalue weighted by Crippen LogP contribution is -2.36. The largest absolute Gasteiger partial charge is 0.465 e. The van der Waals surface area contributed by atoms with Gasteiger partial charge in [0.15, 0.2) is 9.84 Å². The van der Waals surface area contributed by atoms with Crippen molar-refractivity contribution in [2.75, 3.05) is 6.26 Å². The Morgan fingerprint density at radius 1 is 1.06 bits per heavy atom. The predicted molar refractivity (Wildman–Crippen MR) is 126 cm³/mol. The van der Waals surface area contributed by atoms with Crippen molar-refractivity contribution in [3.8, 4) is 0 Å². The predicted octanol–water partition coefficient (Wildman–Crippen LogP) is 4.03. The van der Waals surface area contributed by atoms with Crippen LogP contribution in [-0.2, 0) is 14.6 Å². The third-order valence-electron chi connectivity index (χ3n) is 5.03. The van der Waals surface area contributed by atoms with Gasteiger partial charge in [-0.15, -0.1) is 0 Å². The van der Waals surface area contributed by atoms with Crippen molar-refractivity contribution >= 4 is 27.7 Å². The molecule has 1 aromatic heterocycles. The first-order valence-electron chi connectivity index (χ1n) is 10.4. The summed E-state index contributed by atoms with van der Waals surface area (Å²) in [6.07, 6.45) is 4.64. The molecule has 0 radical (unpaired) electrons. The minimum absolute atomic E-state index is 0.0302. The molecule has 0 unspecified atom stereocenters. The lowest BCUT2D eigenvalue weighted by molar-refractivity contribution is -0.118. The van der Waals surface area contributed by atoms with Crippen molar-refractivity contribution in [1.29, 1.82) is 0 Å². The maximum absolute atomic E-state index is 13.1. The minimum atomic E-state index is -3.31. The van der Waals surface area contributed by atoms with Gasteiger partial charge in [-0.25, -0.2) is 8.42 Å². The van der Waals surface area contributed by atoms with E-state index in [2.05, 4.69) is 10.6 Å². The fourth-order valence-electron chi connectivity index (χ4n) is 3.26. The van der Waals surface area contributed by atoms with E-state index in [0.29, 0.717) is 17.7 Å². The Morgan fingerprint density at radius 3 is 2.36 bits per heavy atom. The molecule has 0 saturated carbocycles. The third kappa shape index (κ3) is 6.43. The molecule has 2 amide bonds. The van der Waals surface area contributed by atoms with Crippen LogP contribution in [0.1, 0.15) is 46.6 Å². The SMILES string of the molecule is CC[C@@H](NC(=O)/C(=C/c1ccco1)NC(=O)c1cccc(C)c1)c1ccc(S(C)(=O)=O)cc1. The maximum atomic E-state index is 13.1. The summed E-state index contributed by atoms with van der Waals surface area (Å²) in [5.74, 6) is -0.501. The number of amides is 2. The number of nitrogens with one attached hydrogen (secondary N) is 2. The monoisotopic (exact) mass is 466 g/mol. The van der Waals surface area contributed by atoms with Crippen LogP contribution in [0.5, 0.6) is 0 Å². The highest BCUT2D eigenvalue weighted by Gasteiger charge is 2.20. The number of hydrogen-bond acceptors (Lipinski definition) is 5. The van der Waals surface area contributed by atoms with Gasteiger partial charge >= 0.3 is 0 Å². The molecule has 1 heterocycles. The molecule has 0 aliphatic heterocycles. The quantitative estimate of drug-likeness (QED) is 0.488. The molecule has 0 aliphatic rings. The molecule has 2 N–H and O–H groups in total. The van der Waals surface area contributed by atoms with Gasteiger partial charge in [0, 0.05) is 17.9 Å². The van der Waals surface area contributed by atoms with Crippen LogP contribution >= 0.6 is 0 Å². The number of hydrogen-bond donors (Lipinski definition) is 2. The third-order valence-corrected chi connectivity index (χ3v) is 6.16. The van der Waals surface area contributed by atoms with Crippen LogP contribution in [0.15, 0.2) is 81.9 Å². The average Bonchev–Trinajstić information content (AvgIpc) is 3.29. The normalized spacial score (nSPS) is 12.8. The van der Waals surface area contributed by atoms with Crippen LogP contribution in [0.2, 0.25) is 0 Å². The molecule has 3 rings (SSSR count). The Labute approximate surface area is 193 Å². The molecule has 0 spiro atoms. The molecule has 0 aliphatic carbocycles. The molecule has 0 fully saturated rings. The van der Waals surface area contributed by atoms with Gasteiger partial charge in [0.1, 0.15) is 11.5 Å². The van der Waals surface area contributed by atoms with Gasteiger partial charge in [-0.2, -0.15) is 0 Å². The molecule has 0 bridgehead atoms. The molecule has 8 heteroatoms. The Morgan fingerprint density at radius 2 is 1.79 bits per heavy atom. The second kappa shape index (κ2) is 10.3. The van der Waals surface area contributed by atoms with Gasteiger partial charge in [0.05, 0.1) is 17.2 Å². The second-order valence-electron chi connectivity index (χ2n) is 7.67. The van der Waals surface area contributed by atoms with Crippen molar-refractivity contribution in [2.24, 2.45) is 0 Å². The first-order valence-corrected chi connectivity index (χ1v) is 12.3. The fraction of sp³-hybridized carbons (Fsp3) is 0.200. The number of rotatable bonds is 8. The molecule has 3 aromatic rings. The van der Waals surface area contributed by atoms with E-state index >= 15 is 0 Å². The summed E-state index contributed by atoms with van der Waals surface area (Å²) in [5.41, 5.74) is 2.13. The van der Waals surface area contributed by atoms with Gasteiger partial charge < -0.3 is 15.1 Å². The first-order chi connectivity index (χ1) is 15.7. The lowest BCUT2D eigenvalue weighted by Gasteiger charge is -2.19. The van der Waals surface area contributed by atoms with Crippen LogP contribution < -0.4 is 10.6 Å². The number of benzene rings is 2. The molecular weight excluding hydrogens is 440 g/mol. The molecule has 172 valence electrons. The number of furan rings is 1. The standard InChI is InChI=1S/C25H26N2O5S/c1-4-22(18-10-12-21(13-11-18)33(3,30)31)26-25(29)23(16-20-9-6-14-32-20)27-24(28)19-8-5-7-17(2)15-19/h5-16,22H,4H2,1-3H3,(H,26,29)(H,27,28)/b23-16-/t22-/m1/s1. The zero-order valence-electron chi connectivity index (χ0n) is 18.7. The molecule has 2 aromatic carbocycles. The van der Waals surface area contributed by atoms with E-state index in [1.54, 1.807) is 42.5 Å². The Balaban J connectivity index is 1.84. The van der Waals surface area contributed by atoms with Crippen LogP contribution in [0.4, 0.5) is 0 Å². The summed E-state index contributed by atoms with van der Waals surface area (Å²) >= 11 is 0. The van der Waals surface area contributed by atoms with E-state index in [4.69, 9.17) is 4.42 Å². The van der Waals surface area contributed by atoms with Crippen LogP contribution in [0.25, 0.3) is 6.08 Å². The molecule has 33 heavy (non-hydrogen) atoms. The summed E-state index contributed by atoms with van der Waals surface area (Å²) in [6, 6.07) is 16.4.